The number of thioether (sulfide) groups is 1. The van der Waals surface area contributed by atoms with Crippen molar-refractivity contribution in [1.82, 2.24) is 14.2 Å². The molecule has 0 radical (unpaired) electrons. The fraction of sp³-hybridized carbons (Fsp3) is 0.333. The highest BCUT2D eigenvalue weighted by Crippen LogP contribution is 2.30. The predicted molar refractivity (Wildman–Crippen MR) is 128 cm³/mol. The second-order valence-corrected chi connectivity index (χ2v) is 12.2. The molecular formula is C21H23N3O3S4. The number of sulfonamides is 1. The molecule has 1 amide bonds. The number of carbonyl (C=O) groups is 1. The number of aromatic nitrogens is 1. The molecule has 0 bridgehead atoms. The van der Waals surface area contributed by atoms with E-state index in [-0.39, 0.29) is 11.2 Å². The lowest BCUT2D eigenvalue weighted by atomic mass is 10.3. The van der Waals surface area contributed by atoms with Crippen LogP contribution >= 0.6 is 34.4 Å². The Hall–Kier alpha value is -1.72. The summed E-state index contributed by atoms with van der Waals surface area (Å²) in [6, 6.07) is 12.5. The van der Waals surface area contributed by atoms with Crippen molar-refractivity contribution in [2.45, 2.75) is 22.8 Å². The number of piperazine rings is 1. The van der Waals surface area contributed by atoms with E-state index in [1.807, 2.05) is 23.8 Å². The van der Waals surface area contributed by atoms with Crippen molar-refractivity contribution in [3.63, 3.8) is 0 Å². The third-order valence-corrected chi connectivity index (χ3v) is 10.1. The van der Waals surface area contributed by atoms with Gasteiger partial charge in [0.15, 0.2) is 0 Å². The molecule has 1 fully saturated rings. The van der Waals surface area contributed by atoms with Gasteiger partial charge in [-0.1, -0.05) is 24.3 Å². The standard InChI is InChI=1S/C21H23N3O3S4/c1-16(29-14-17-15-30-20(22-17)19-8-5-13-28-19)21(25)23-9-11-24(12-10-23)31(26,27)18-6-3-2-4-7-18/h2-8,13,15-16H,9-12,14H2,1H3/t16-/m0/s1. The lowest BCUT2D eigenvalue weighted by molar-refractivity contribution is -0.131. The quantitative estimate of drug-likeness (QED) is 0.497. The zero-order valence-corrected chi connectivity index (χ0v) is 20.3. The van der Waals surface area contributed by atoms with Crippen molar-refractivity contribution < 1.29 is 13.2 Å². The van der Waals surface area contributed by atoms with Gasteiger partial charge >= 0.3 is 0 Å². The largest absolute Gasteiger partial charge is 0.339 e. The minimum atomic E-state index is -3.51. The van der Waals surface area contributed by atoms with Crippen LogP contribution in [0.1, 0.15) is 12.6 Å². The molecule has 0 spiro atoms. The molecule has 164 valence electrons. The third kappa shape index (κ3) is 5.20. The minimum Gasteiger partial charge on any atom is -0.339 e. The number of hydrogen-bond donors (Lipinski definition) is 0. The van der Waals surface area contributed by atoms with Crippen LogP contribution in [0.2, 0.25) is 0 Å². The normalized spacial score (nSPS) is 16.4. The Kier molecular flexibility index (Phi) is 7.12. The first-order chi connectivity index (χ1) is 14.9. The summed E-state index contributed by atoms with van der Waals surface area (Å²) in [6.45, 7) is 3.36. The number of rotatable bonds is 7. The molecule has 2 aromatic heterocycles. The van der Waals surface area contributed by atoms with Gasteiger partial charge in [0.25, 0.3) is 0 Å². The van der Waals surface area contributed by atoms with Gasteiger partial charge in [-0.2, -0.15) is 4.31 Å². The summed E-state index contributed by atoms with van der Waals surface area (Å²) in [5, 5.41) is 4.90. The average molecular weight is 494 g/mol. The van der Waals surface area contributed by atoms with Gasteiger partial charge in [0.1, 0.15) is 5.01 Å². The zero-order valence-electron chi connectivity index (χ0n) is 17.0. The molecule has 3 aromatic rings. The molecule has 1 aliphatic heterocycles. The summed E-state index contributed by atoms with van der Waals surface area (Å²) in [7, 11) is -3.51. The summed E-state index contributed by atoms with van der Waals surface area (Å²) in [4.78, 5) is 20.8. The lowest BCUT2D eigenvalue weighted by Gasteiger charge is -2.35. The SMILES string of the molecule is C[C@H](SCc1csc(-c2cccs2)n1)C(=O)N1CCN(S(=O)(=O)c2ccccc2)CC1. The molecule has 0 N–H and O–H groups in total. The van der Waals surface area contributed by atoms with Crippen molar-refractivity contribution in [1.29, 1.82) is 0 Å². The van der Waals surface area contributed by atoms with E-state index in [2.05, 4.69) is 11.1 Å². The Labute approximate surface area is 195 Å². The maximum absolute atomic E-state index is 12.9. The van der Waals surface area contributed by atoms with Crippen LogP contribution < -0.4 is 0 Å². The molecule has 0 unspecified atom stereocenters. The van der Waals surface area contributed by atoms with Crippen LogP contribution in [0.25, 0.3) is 9.88 Å². The first-order valence-electron chi connectivity index (χ1n) is 9.89. The Morgan fingerprint density at radius 3 is 2.52 bits per heavy atom. The van der Waals surface area contributed by atoms with E-state index >= 15 is 0 Å². The highest BCUT2D eigenvalue weighted by atomic mass is 32.2. The van der Waals surface area contributed by atoms with E-state index in [1.165, 1.54) is 4.31 Å². The second kappa shape index (κ2) is 9.83. The van der Waals surface area contributed by atoms with Crippen molar-refractivity contribution in [3.05, 3.63) is 58.9 Å². The van der Waals surface area contributed by atoms with Crippen LogP contribution in [0.5, 0.6) is 0 Å². The Balaban J connectivity index is 1.28. The summed E-state index contributed by atoms with van der Waals surface area (Å²) in [5.74, 6) is 0.729. The molecule has 10 heteroatoms. The first kappa shape index (κ1) is 22.5. The molecule has 0 aliphatic carbocycles. The molecule has 1 saturated heterocycles. The monoisotopic (exact) mass is 493 g/mol. The summed E-state index contributed by atoms with van der Waals surface area (Å²) < 4.78 is 27.0. The number of benzene rings is 1. The van der Waals surface area contributed by atoms with Crippen LogP contribution in [-0.2, 0) is 20.6 Å². The van der Waals surface area contributed by atoms with E-state index < -0.39 is 10.0 Å². The Bertz CT molecular complexity index is 1110. The number of thiophene rings is 1. The fourth-order valence-corrected chi connectivity index (χ4v) is 7.36. The summed E-state index contributed by atoms with van der Waals surface area (Å²) in [6.07, 6.45) is 0. The smallest absolute Gasteiger partial charge is 0.243 e. The fourth-order valence-electron chi connectivity index (χ4n) is 3.32. The minimum absolute atomic E-state index is 0.0514. The third-order valence-electron chi connectivity index (χ3n) is 5.04. The topological polar surface area (TPSA) is 70.6 Å². The van der Waals surface area contributed by atoms with Crippen LogP contribution in [0, 0.1) is 0 Å². The predicted octanol–water partition coefficient (Wildman–Crippen LogP) is 4.03. The van der Waals surface area contributed by atoms with E-state index in [0.717, 1.165) is 15.6 Å². The van der Waals surface area contributed by atoms with Gasteiger partial charge in [-0.3, -0.25) is 4.79 Å². The molecule has 1 aliphatic rings. The number of hydrogen-bond acceptors (Lipinski definition) is 7. The molecule has 3 heterocycles. The van der Waals surface area contributed by atoms with Crippen LogP contribution in [0.3, 0.4) is 0 Å². The number of nitrogens with zero attached hydrogens (tertiary/aromatic N) is 3. The lowest BCUT2D eigenvalue weighted by Crippen LogP contribution is -2.52. The Morgan fingerprint density at radius 2 is 1.84 bits per heavy atom. The van der Waals surface area contributed by atoms with Gasteiger partial charge < -0.3 is 4.90 Å². The van der Waals surface area contributed by atoms with Crippen molar-refractivity contribution in [2.75, 3.05) is 26.2 Å². The van der Waals surface area contributed by atoms with E-state index in [0.29, 0.717) is 36.8 Å². The maximum Gasteiger partial charge on any atom is 0.243 e. The zero-order chi connectivity index (χ0) is 21.8. The van der Waals surface area contributed by atoms with Crippen molar-refractivity contribution in [2.24, 2.45) is 0 Å². The average Bonchev–Trinajstić information content (AvgIpc) is 3.49. The highest BCUT2D eigenvalue weighted by Gasteiger charge is 2.31. The maximum atomic E-state index is 12.9. The van der Waals surface area contributed by atoms with Gasteiger partial charge in [0, 0.05) is 37.3 Å². The number of carbonyl (C=O) groups excluding carboxylic acids is 1. The van der Waals surface area contributed by atoms with E-state index in [1.54, 1.807) is 69.7 Å². The van der Waals surface area contributed by atoms with Crippen molar-refractivity contribution in [3.8, 4) is 9.88 Å². The van der Waals surface area contributed by atoms with Gasteiger partial charge in [-0.15, -0.1) is 34.4 Å². The molecular weight excluding hydrogens is 471 g/mol. The Morgan fingerprint density at radius 1 is 1.10 bits per heavy atom. The molecule has 0 saturated carbocycles. The molecule has 4 rings (SSSR count). The second-order valence-electron chi connectivity index (χ2n) is 7.12. The number of amides is 1. The molecule has 31 heavy (non-hydrogen) atoms. The van der Waals surface area contributed by atoms with Crippen LogP contribution in [-0.4, -0.2) is 59.9 Å². The van der Waals surface area contributed by atoms with Gasteiger partial charge in [-0.05, 0) is 30.5 Å². The molecule has 1 atom stereocenters. The summed E-state index contributed by atoms with van der Waals surface area (Å²) >= 11 is 4.87. The van der Waals surface area contributed by atoms with Gasteiger partial charge in [0.05, 0.1) is 20.7 Å². The highest BCUT2D eigenvalue weighted by molar-refractivity contribution is 7.99. The molecule has 1 aromatic carbocycles. The van der Waals surface area contributed by atoms with Crippen molar-refractivity contribution >= 4 is 50.4 Å². The van der Waals surface area contributed by atoms with E-state index in [9.17, 15) is 13.2 Å². The number of thiazole rings is 1. The molecule has 6 nitrogen and oxygen atoms in total. The van der Waals surface area contributed by atoms with Gasteiger partial charge in [0.2, 0.25) is 15.9 Å². The van der Waals surface area contributed by atoms with E-state index in [4.69, 9.17) is 0 Å². The van der Waals surface area contributed by atoms with Gasteiger partial charge in [-0.25, -0.2) is 13.4 Å². The van der Waals surface area contributed by atoms with Crippen LogP contribution in [0.15, 0.2) is 58.1 Å². The first-order valence-corrected chi connectivity index (χ1v) is 14.1. The van der Waals surface area contributed by atoms with Crippen LogP contribution in [0.4, 0.5) is 0 Å². The summed E-state index contributed by atoms with van der Waals surface area (Å²) in [5.41, 5.74) is 0.983.